The van der Waals surface area contributed by atoms with E-state index in [1.54, 1.807) is 7.05 Å². The van der Waals surface area contributed by atoms with Gasteiger partial charge in [0.15, 0.2) is 5.96 Å². The molecule has 2 rings (SSSR count). The highest BCUT2D eigenvalue weighted by Gasteiger charge is 2.41. The van der Waals surface area contributed by atoms with Crippen LogP contribution < -0.4 is 5.32 Å². The van der Waals surface area contributed by atoms with E-state index >= 15 is 0 Å². The van der Waals surface area contributed by atoms with Gasteiger partial charge in [-0.2, -0.15) is 13.2 Å². The standard InChI is InChI=1S/C20H37F3N4O.HI/c1-17(20(21,22)23)26-12-14-27(15-13-26)19(24-2)25-11-7-4-8-16-28-18-9-5-3-6-10-18;/h17-18H,3-16H2,1-2H3,(H,24,25);1H. The van der Waals surface area contributed by atoms with Crippen molar-refractivity contribution >= 4 is 29.9 Å². The number of guanidine groups is 1. The van der Waals surface area contributed by atoms with Gasteiger partial charge in [0.2, 0.25) is 0 Å². The summed E-state index contributed by atoms with van der Waals surface area (Å²) in [4.78, 5) is 7.84. The van der Waals surface area contributed by atoms with Crippen molar-refractivity contribution in [1.29, 1.82) is 0 Å². The summed E-state index contributed by atoms with van der Waals surface area (Å²) in [5.41, 5.74) is 0. The molecule has 1 heterocycles. The SMILES string of the molecule is CN=C(NCCCCCOC1CCCCC1)N1CCN(C(C)C(F)(F)F)CC1.I. The lowest BCUT2D eigenvalue weighted by Crippen LogP contribution is -2.56. The highest BCUT2D eigenvalue weighted by atomic mass is 127. The monoisotopic (exact) mass is 534 g/mol. The molecule has 0 radical (unpaired) electrons. The zero-order valence-electron chi connectivity index (χ0n) is 17.8. The number of hydrogen-bond acceptors (Lipinski definition) is 3. The number of nitrogens with zero attached hydrogens (tertiary/aromatic N) is 3. The molecule has 1 N–H and O–H groups in total. The van der Waals surface area contributed by atoms with Gasteiger partial charge in [0.1, 0.15) is 6.04 Å². The first-order chi connectivity index (χ1) is 13.4. The molecule has 2 fully saturated rings. The van der Waals surface area contributed by atoms with Crippen molar-refractivity contribution in [3.8, 4) is 0 Å². The van der Waals surface area contributed by atoms with Gasteiger partial charge < -0.3 is 15.0 Å². The molecule has 0 aromatic carbocycles. The summed E-state index contributed by atoms with van der Waals surface area (Å²) in [5, 5.41) is 3.35. The van der Waals surface area contributed by atoms with Gasteiger partial charge in [-0.3, -0.25) is 9.89 Å². The summed E-state index contributed by atoms with van der Waals surface area (Å²) in [6.45, 7) is 4.85. The molecule has 1 saturated heterocycles. The first-order valence-electron chi connectivity index (χ1n) is 10.8. The third-order valence-electron chi connectivity index (χ3n) is 5.86. The van der Waals surface area contributed by atoms with Crippen LogP contribution in [0.3, 0.4) is 0 Å². The van der Waals surface area contributed by atoms with E-state index in [-0.39, 0.29) is 24.0 Å². The second-order valence-electron chi connectivity index (χ2n) is 7.91. The highest BCUT2D eigenvalue weighted by Crippen LogP contribution is 2.25. The molecule has 0 aromatic rings. The van der Waals surface area contributed by atoms with Crippen molar-refractivity contribution < 1.29 is 17.9 Å². The molecule has 1 unspecified atom stereocenters. The molecule has 0 amide bonds. The third kappa shape index (κ3) is 9.59. The molecule has 1 aliphatic heterocycles. The fraction of sp³-hybridized carbons (Fsp3) is 0.950. The van der Waals surface area contributed by atoms with Gasteiger partial charge in [-0.05, 0) is 39.0 Å². The van der Waals surface area contributed by atoms with Crippen LogP contribution in [-0.4, -0.2) is 80.5 Å². The maximum absolute atomic E-state index is 12.9. The molecule has 9 heteroatoms. The van der Waals surface area contributed by atoms with Gasteiger partial charge >= 0.3 is 6.18 Å². The van der Waals surface area contributed by atoms with Crippen molar-refractivity contribution in [3.63, 3.8) is 0 Å². The maximum atomic E-state index is 12.9. The lowest BCUT2D eigenvalue weighted by molar-refractivity contribution is -0.181. The van der Waals surface area contributed by atoms with Crippen LogP contribution in [0.2, 0.25) is 0 Å². The van der Waals surface area contributed by atoms with Gasteiger partial charge in [0, 0.05) is 46.4 Å². The summed E-state index contributed by atoms with van der Waals surface area (Å²) in [6, 6.07) is -1.39. The number of hydrogen-bond donors (Lipinski definition) is 1. The fourth-order valence-electron chi connectivity index (χ4n) is 3.95. The summed E-state index contributed by atoms with van der Waals surface area (Å²) in [6.07, 6.45) is 5.92. The third-order valence-corrected chi connectivity index (χ3v) is 5.86. The predicted molar refractivity (Wildman–Crippen MR) is 122 cm³/mol. The Morgan fingerprint density at radius 3 is 2.31 bits per heavy atom. The lowest BCUT2D eigenvalue weighted by Gasteiger charge is -2.39. The molecule has 29 heavy (non-hydrogen) atoms. The van der Waals surface area contributed by atoms with Crippen molar-refractivity contribution in [3.05, 3.63) is 0 Å². The quantitative estimate of drug-likeness (QED) is 0.219. The smallest absolute Gasteiger partial charge is 0.378 e. The van der Waals surface area contributed by atoms with Crippen LogP contribution in [0.4, 0.5) is 13.2 Å². The molecule has 0 aromatic heterocycles. The van der Waals surface area contributed by atoms with Crippen LogP contribution in [0.1, 0.15) is 58.3 Å². The van der Waals surface area contributed by atoms with E-state index in [1.807, 2.05) is 4.90 Å². The summed E-state index contributed by atoms with van der Waals surface area (Å²) < 4.78 is 44.5. The molecular weight excluding hydrogens is 496 g/mol. The van der Waals surface area contributed by atoms with Gasteiger partial charge in [-0.1, -0.05) is 19.3 Å². The van der Waals surface area contributed by atoms with Crippen LogP contribution in [0.25, 0.3) is 0 Å². The van der Waals surface area contributed by atoms with E-state index in [2.05, 4.69) is 10.3 Å². The number of aliphatic imine (C=N–C) groups is 1. The van der Waals surface area contributed by atoms with E-state index in [0.717, 1.165) is 38.4 Å². The Morgan fingerprint density at radius 2 is 1.72 bits per heavy atom. The van der Waals surface area contributed by atoms with Crippen molar-refractivity contribution in [1.82, 2.24) is 15.1 Å². The van der Waals surface area contributed by atoms with Crippen LogP contribution in [0, 0.1) is 0 Å². The number of piperazine rings is 1. The molecule has 1 saturated carbocycles. The van der Waals surface area contributed by atoms with Crippen LogP contribution in [0.5, 0.6) is 0 Å². The highest BCUT2D eigenvalue weighted by molar-refractivity contribution is 14.0. The van der Waals surface area contributed by atoms with Crippen molar-refractivity contribution in [2.75, 3.05) is 46.4 Å². The van der Waals surface area contributed by atoms with E-state index in [9.17, 15) is 13.2 Å². The van der Waals surface area contributed by atoms with Crippen LogP contribution in [0.15, 0.2) is 4.99 Å². The summed E-state index contributed by atoms with van der Waals surface area (Å²) >= 11 is 0. The summed E-state index contributed by atoms with van der Waals surface area (Å²) in [5.74, 6) is 0.790. The minimum absolute atomic E-state index is 0. The van der Waals surface area contributed by atoms with Gasteiger partial charge in [-0.15, -0.1) is 24.0 Å². The molecular formula is C20H38F3IN4O. The Morgan fingerprint density at radius 1 is 1.07 bits per heavy atom. The van der Waals surface area contributed by atoms with Crippen LogP contribution in [-0.2, 0) is 4.74 Å². The molecule has 1 aliphatic carbocycles. The van der Waals surface area contributed by atoms with Gasteiger partial charge in [0.25, 0.3) is 0 Å². The Labute approximate surface area is 190 Å². The topological polar surface area (TPSA) is 40.1 Å². The average molecular weight is 534 g/mol. The molecule has 0 bridgehead atoms. The molecule has 1 atom stereocenters. The van der Waals surface area contributed by atoms with Gasteiger partial charge in [0.05, 0.1) is 6.10 Å². The van der Waals surface area contributed by atoms with Crippen LogP contribution >= 0.6 is 24.0 Å². The Bertz CT molecular complexity index is 465. The lowest BCUT2D eigenvalue weighted by atomic mass is 9.98. The van der Waals surface area contributed by atoms with E-state index in [0.29, 0.717) is 32.3 Å². The first-order valence-corrected chi connectivity index (χ1v) is 10.8. The summed E-state index contributed by atoms with van der Waals surface area (Å²) in [7, 11) is 1.73. The Hall–Kier alpha value is -0.290. The predicted octanol–water partition coefficient (Wildman–Crippen LogP) is 4.27. The number of alkyl halides is 3. The van der Waals surface area contributed by atoms with E-state index < -0.39 is 12.2 Å². The molecule has 172 valence electrons. The fourth-order valence-corrected chi connectivity index (χ4v) is 3.95. The minimum Gasteiger partial charge on any atom is -0.378 e. The molecule has 5 nitrogen and oxygen atoms in total. The van der Waals surface area contributed by atoms with Crippen molar-refractivity contribution in [2.45, 2.75) is 76.6 Å². The van der Waals surface area contributed by atoms with Crippen molar-refractivity contribution in [2.24, 2.45) is 4.99 Å². The second-order valence-corrected chi connectivity index (χ2v) is 7.91. The maximum Gasteiger partial charge on any atom is 0.403 e. The number of ether oxygens (including phenoxy) is 1. The Kier molecular flexibility index (Phi) is 12.8. The minimum atomic E-state index is -4.16. The largest absolute Gasteiger partial charge is 0.403 e. The number of rotatable bonds is 8. The number of unbranched alkanes of at least 4 members (excludes halogenated alkanes) is 2. The van der Waals surface area contributed by atoms with E-state index in [1.165, 1.54) is 43.9 Å². The second kappa shape index (κ2) is 13.9. The number of nitrogens with one attached hydrogen (secondary N) is 1. The number of halogens is 4. The zero-order valence-corrected chi connectivity index (χ0v) is 20.2. The molecule has 2 aliphatic rings. The van der Waals surface area contributed by atoms with E-state index in [4.69, 9.17) is 4.74 Å². The first kappa shape index (κ1) is 26.7. The molecule has 0 spiro atoms. The normalized spacial score (nSPS) is 21.0. The van der Waals surface area contributed by atoms with Gasteiger partial charge in [-0.25, -0.2) is 0 Å². The zero-order chi connectivity index (χ0) is 20.4. The Balaban J connectivity index is 0.00000420. The average Bonchev–Trinajstić information content (AvgIpc) is 2.70.